The van der Waals surface area contributed by atoms with Crippen molar-refractivity contribution in [3.8, 4) is 0 Å². The molecular formula is C41H27F3O2. The van der Waals surface area contributed by atoms with Gasteiger partial charge in [0.05, 0.1) is 11.1 Å². The molecule has 1 unspecified atom stereocenters. The lowest BCUT2D eigenvalue weighted by molar-refractivity contribution is -0.137. The van der Waals surface area contributed by atoms with E-state index in [1.165, 1.54) is 0 Å². The number of halogens is 3. The monoisotopic (exact) mass is 608 g/mol. The van der Waals surface area contributed by atoms with Crippen LogP contribution in [-0.4, -0.2) is 11.6 Å². The Morgan fingerprint density at radius 1 is 0.652 bits per heavy atom. The third kappa shape index (κ3) is 4.18. The highest BCUT2D eigenvalue weighted by Gasteiger charge is 2.40. The van der Waals surface area contributed by atoms with E-state index >= 15 is 0 Å². The molecule has 46 heavy (non-hydrogen) atoms. The molecule has 0 bridgehead atoms. The zero-order valence-electron chi connectivity index (χ0n) is 25.1. The van der Waals surface area contributed by atoms with Gasteiger partial charge in [-0.05, 0) is 91.3 Å². The Bertz CT molecular complexity index is 2250. The van der Waals surface area contributed by atoms with E-state index < -0.39 is 17.2 Å². The van der Waals surface area contributed by atoms with Crippen molar-refractivity contribution in [2.24, 2.45) is 0 Å². The van der Waals surface area contributed by atoms with Crippen LogP contribution in [0.25, 0.3) is 27.6 Å². The molecule has 0 spiro atoms. The van der Waals surface area contributed by atoms with E-state index in [1.54, 1.807) is 30.3 Å². The van der Waals surface area contributed by atoms with Crippen LogP contribution in [0.2, 0.25) is 0 Å². The van der Waals surface area contributed by atoms with E-state index in [0.717, 1.165) is 67.1 Å². The van der Waals surface area contributed by atoms with E-state index in [1.807, 2.05) is 60.7 Å². The molecule has 2 aliphatic rings. The number of carbonyl (C=O) groups excluding carboxylic acids is 2. The molecule has 0 aromatic heterocycles. The van der Waals surface area contributed by atoms with Crippen molar-refractivity contribution in [1.29, 1.82) is 0 Å². The first-order valence-corrected chi connectivity index (χ1v) is 15.2. The van der Waals surface area contributed by atoms with Crippen LogP contribution in [0.1, 0.15) is 79.4 Å². The zero-order valence-corrected chi connectivity index (χ0v) is 25.1. The molecule has 2 nitrogen and oxygen atoms in total. The summed E-state index contributed by atoms with van der Waals surface area (Å²) < 4.78 is 40.2. The van der Waals surface area contributed by atoms with Crippen LogP contribution in [0.5, 0.6) is 0 Å². The largest absolute Gasteiger partial charge is 0.416 e. The first-order chi connectivity index (χ1) is 22.0. The number of rotatable bonds is 2. The molecule has 0 N–H and O–H groups in total. The average Bonchev–Trinajstić information content (AvgIpc) is 3.27. The maximum Gasteiger partial charge on any atom is 0.416 e. The van der Waals surface area contributed by atoms with Crippen molar-refractivity contribution < 1.29 is 22.8 Å². The predicted molar refractivity (Wildman–Crippen MR) is 175 cm³/mol. The molecule has 1 atom stereocenters. The Balaban J connectivity index is 1.25. The first kappa shape index (κ1) is 28.2. The molecule has 5 heteroatoms. The summed E-state index contributed by atoms with van der Waals surface area (Å²) in [4.78, 5) is 26.8. The highest BCUT2D eigenvalue weighted by Crippen LogP contribution is 2.51. The molecule has 8 rings (SSSR count). The number of ketones is 2. The summed E-state index contributed by atoms with van der Waals surface area (Å²) in [5.74, 6) is -0.780. The fraction of sp³-hybridized carbons (Fsp3) is 0.122. The Morgan fingerprint density at radius 3 is 1.93 bits per heavy atom. The zero-order chi connectivity index (χ0) is 32.0. The molecule has 0 aliphatic heterocycles. The highest BCUT2D eigenvalue weighted by molar-refractivity contribution is 6.42. The fourth-order valence-electron chi connectivity index (χ4n) is 7.54. The van der Waals surface area contributed by atoms with Gasteiger partial charge in [-0.15, -0.1) is 0 Å². The van der Waals surface area contributed by atoms with Gasteiger partial charge in [0.2, 0.25) is 0 Å². The standard InChI is InChI=1S/C41H27F3O2/c1-40(2)35-10-6-5-9-30(35)36(24-12-15-28(16-13-24)41(42,43)44)31-18-14-27-19-23(11-17-29(27)37(31)40)20-34-38(45)32-21-25-7-3-4-8-26(25)22-33(32)39(34)46/h3-22,36H,1-2H3. The molecule has 6 aromatic carbocycles. The van der Waals surface area contributed by atoms with Crippen molar-refractivity contribution in [2.45, 2.75) is 31.4 Å². The second-order valence-corrected chi connectivity index (χ2v) is 12.7. The Labute approximate surface area is 263 Å². The minimum Gasteiger partial charge on any atom is -0.288 e. The van der Waals surface area contributed by atoms with E-state index in [9.17, 15) is 22.8 Å². The second kappa shape index (κ2) is 9.85. The van der Waals surface area contributed by atoms with E-state index in [2.05, 4.69) is 32.0 Å². The van der Waals surface area contributed by atoms with Gasteiger partial charge in [0.15, 0.2) is 11.6 Å². The minimum absolute atomic E-state index is 0.152. The van der Waals surface area contributed by atoms with Crippen molar-refractivity contribution in [3.05, 3.63) is 171 Å². The molecule has 224 valence electrons. The number of alkyl halides is 3. The summed E-state index contributed by atoms with van der Waals surface area (Å²) in [6.07, 6.45) is -2.73. The predicted octanol–water partition coefficient (Wildman–Crippen LogP) is 10.3. The van der Waals surface area contributed by atoms with Gasteiger partial charge in [-0.25, -0.2) is 0 Å². The maximum absolute atomic E-state index is 13.4. The van der Waals surface area contributed by atoms with Gasteiger partial charge in [-0.3, -0.25) is 9.59 Å². The van der Waals surface area contributed by atoms with Crippen LogP contribution in [-0.2, 0) is 11.6 Å². The van der Waals surface area contributed by atoms with Gasteiger partial charge in [-0.1, -0.05) is 98.8 Å². The molecule has 0 amide bonds. The van der Waals surface area contributed by atoms with Crippen LogP contribution in [0, 0.1) is 0 Å². The quantitative estimate of drug-likeness (QED) is 0.145. The fourth-order valence-corrected chi connectivity index (χ4v) is 7.54. The number of carbonyl (C=O) groups is 2. The van der Waals surface area contributed by atoms with Crippen molar-refractivity contribution in [1.82, 2.24) is 0 Å². The van der Waals surface area contributed by atoms with E-state index in [-0.39, 0.29) is 23.1 Å². The molecular weight excluding hydrogens is 581 g/mol. The molecule has 0 fully saturated rings. The third-order valence-corrected chi connectivity index (χ3v) is 9.70. The summed E-state index contributed by atoms with van der Waals surface area (Å²) >= 11 is 0. The number of fused-ring (bicyclic) bond motifs is 6. The van der Waals surface area contributed by atoms with E-state index in [0.29, 0.717) is 11.1 Å². The minimum atomic E-state index is -4.41. The SMILES string of the molecule is CC1(C)c2ccccc2C(c2ccc(C(F)(F)F)cc2)c2ccc3cc(C=C4C(=O)c5cc6ccccc6cc5C4=O)ccc3c21. The number of hydrogen-bond acceptors (Lipinski definition) is 2. The van der Waals surface area contributed by atoms with Gasteiger partial charge in [0.1, 0.15) is 0 Å². The van der Waals surface area contributed by atoms with Gasteiger partial charge in [-0.2, -0.15) is 13.2 Å². The molecule has 2 aliphatic carbocycles. The second-order valence-electron chi connectivity index (χ2n) is 12.7. The molecule has 6 aromatic rings. The highest BCUT2D eigenvalue weighted by atomic mass is 19.4. The molecule has 0 heterocycles. The van der Waals surface area contributed by atoms with Crippen molar-refractivity contribution in [2.75, 3.05) is 0 Å². The number of Topliss-reactive ketones (excluding diaryl/α,β-unsaturated/α-hetero) is 2. The normalized spacial score (nSPS) is 16.8. The molecule has 0 radical (unpaired) electrons. The van der Waals surface area contributed by atoms with Crippen LogP contribution >= 0.6 is 0 Å². The van der Waals surface area contributed by atoms with Gasteiger partial charge >= 0.3 is 6.18 Å². The number of hydrogen-bond donors (Lipinski definition) is 0. The number of benzene rings is 6. The topological polar surface area (TPSA) is 34.1 Å². The number of allylic oxidation sites excluding steroid dienone is 1. The Kier molecular flexibility index (Phi) is 6.04. The summed E-state index contributed by atoms with van der Waals surface area (Å²) in [6, 6.07) is 35.0. The van der Waals surface area contributed by atoms with Crippen molar-refractivity contribution >= 4 is 39.2 Å². The lowest BCUT2D eigenvalue weighted by Crippen LogP contribution is -2.30. The lowest BCUT2D eigenvalue weighted by Gasteiger charge is -2.40. The van der Waals surface area contributed by atoms with Gasteiger partial charge in [0, 0.05) is 22.5 Å². The summed E-state index contributed by atoms with van der Waals surface area (Å²) in [5, 5.41) is 3.80. The summed E-state index contributed by atoms with van der Waals surface area (Å²) in [5.41, 5.74) is 5.85. The van der Waals surface area contributed by atoms with Crippen LogP contribution in [0.3, 0.4) is 0 Å². The summed E-state index contributed by atoms with van der Waals surface area (Å²) in [6.45, 7) is 4.36. The van der Waals surface area contributed by atoms with Crippen LogP contribution in [0.15, 0.2) is 121 Å². The van der Waals surface area contributed by atoms with Gasteiger partial charge in [0.25, 0.3) is 0 Å². The molecule has 0 saturated carbocycles. The van der Waals surface area contributed by atoms with Crippen LogP contribution in [0.4, 0.5) is 13.2 Å². The first-order valence-electron chi connectivity index (χ1n) is 15.2. The summed E-state index contributed by atoms with van der Waals surface area (Å²) in [7, 11) is 0. The third-order valence-electron chi connectivity index (χ3n) is 9.70. The van der Waals surface area contributed by atoms with E-state index in [4.69, 9.17) is 0 Å². The smallest absolute Gasteiger partial charge is 0.288 e. The molecule has 0 saturated heterocycles. The Morgan fingerprint density at radius 2 is 1.28 bits per heavy atom. The van der Waals surface area contributed by atoms with Crippen LogP contribution < -0.4 is 0 Å². The van der Waals surface area contributed by atoms with Gasteiger partial charge < -0.3 is 0 Å². The average molecular weight is 609 g/mol. The van der Waals surface area contributed by atoms with Crippen molar-refractivity contribution in [3.63, 3.8) is 0 Å². The lowest BCUT2D eigenvalue weighted by atomic mass is 9.62. The maximum atomic E-state index is 13.4. The Hall–Kier alpha value is -5.29.